The second kappa shape index (κ2) is 16.8. The van der Waals surface area contributed by atoms with E-state index in [0.717, 1.165) is 32.1 Å². The first-order chi connectivity index (χ1) is 10.7. The molecule has 0 heterocycles. The highest BCUT2D eigenvalue weighted by atomic mass is 16.5. The number of ether oxygens (including phenoxy) is 1. The lowest BCUT2D eigenvalue weighted by Gasteiger charge is -2.10. The lowest BCUT2D eigenvalue weighted by Crippen LogP contribution is -2.05. The van der Waals surface area contributed by atoms with Crippen LogP contribution in [0.5, 0.6) is 0 Å². The lowest BCUT2D eigenvalue weighted by atomic mass is 10.0. The highest BCUT2D eigenvalue weighted by Crippen LogP contribution is 2.14. The largest absolute Gasteiger partial charge is 0.469 e. The van der Waals surface area contributed by atoms with Crippen LogP contribution in [-0.4, -0.2) is 24.3 Å². The van der Waals surface area contributed by atoms with Crippen LogP contribution in [0.3, 0.4) is 0 Å². The van der Waals surface area contributed by atoms with Gasteiger partial charge in [0.25, 0.3) is 0 Å². The molecule has 0 aliphatic rings. The summed E-state index contributed by atoms with van der Waals surface area (Å²) in [4.78, 5) is 10.9. The number of hydrogen-bond donors (Lipinski definition) is 1. The molecule has 0 saturated carbocycles. The van der Waals surface area contributed by atoms with E-state index in [0.29, 0.717) is 6.42 Å². The molecule has 3 nitrogen and oxygen atoms in total. The first-order valence-electron chi connectivity index (χ1n) is 9.45. The SMILES string of the molecule is CCCCCCCC[C@@H](O)CCCCCCCCC(=O)OC. The average Bonchev–Trinajstić information content (AvgIpc) is 2.52. The van der Waals surface area contributed by atoms with Crippen LogP contribution in [0.4, 0.5) is 0 Å². The van der Waals surface area contributed by atoms with Gasteiger partial charge in [-0.05, 0) is 19.3 Å². The monoisotopic (exact) mass is 314 g/mol. The van der Waals surface area contributed by atoms with Gasteiger partial charge < -0.3 is 9.84 Å². The first-order valence-corrected chi connectivity index (χ1v) is 9.45. The molecule has 0 unspecified atom stereocenters. The number of methoxy groups -OCH3 is 1. The predicted molar refractivity (Wildman–Crippen MR) is 93.0 cm³/mol. The number of esters is 1. The summed E-state index contributed by atoms with van der Waals surface area (Å²) >= 11 is 0. The van der Waals surface area contributed by atoms with E-state index in [1.807, 2.05) is 0 Å². The molecule has 0 radical (unpaired) electrons. The summed E-state index contributed by atoms with van der Waals surface area (Å²) in [6.07, 6.45) is 16.9. The Morgan fingerprint density at radius 3 is 1.77 bits per heavy atom. The van der Waals surface area contributed by atoms with E-state index in [1.54, 1.807) is 0 Å². The van der Waals surface area contributed by atoms with Crippen molar-refractivity contribution in [1.29, 1.82) is 0 Å². The zero-order chi connectivity index (χ0) is 16.5. The molecule has 0 aliphatic heterocycles. The summed E-state index contributed by atoms with van der Waals surface area (Å²) in [5, 5.41) is 9.93. The molecule has 0 fully saturated rings. The van der Waals surface area contributed by atoms with Crippen LogP contribution in [0.25, 0.3) is 0 Å². The normalized spacial score (nSPS) is 12.3. The van der Waals surface area contributed by atoms with E-state index >= 15 is 0 Å². The minimum absolute atomic E-state index is 0.0921. The van der Waals surface area contributed by atoms with Gasteiger partial charge >= 0.3 is 5.97 Å². The first kappa shape index (κ1) is 21.4. The number of aliphatic hydroxyl groups is 1. The Hall–Kier alpha value is -0.570. The summed E-state index contributed by atoms with van der Waals surface area (Å²) in [5.74, 6) is -0.0992. The van der Waals surface area contributed by atoms with Gasteiger partial charge in [0.05, 0.1) is 13.2 Å². The maximum Gasteiger partial charge on any atom is 0.305 e. The summed E-state index contributed by atoms with van der Waals surface area (Å²) in [6, 6.07) is 0. The zero-order valence-corrected chi connectivity index (χ0v) is 14.9. The minimum Gasteiger partial charge on any atom is -0.469 e. The van der Waals surface area contributed by atoms with Crippen LogP contribution >= 0.6 is 0 Å². The number of unbranched alkanes of at least 4 members (excludes halogenated alkanes) is 10. The van der Waals surface area contributed by atoms with Gasteiger partial charge in [0.1, 0.15) is 0 Å². The summed E-state index contributed by atoms with van der Waals surface area (Å²) in [5.41, 5.74) is 0. The quantitative estimate of drug-likeness (QED) is 0.307. The maximum absolute atomic E-state index is 10.9. The molecule has 0 aromatic rings. The smallest absolute Gasteiger partial charge is 0.305 e. The molecular formula is C19H38O3. The topological polar surface area (TPSA) is 46.5 Å². The van der Waals surface area contributed by atoms with Gasteiger partial charge in [-0.25, -0.2) is 0 Å². The summed E-state index contributed by atoms with van der Waals surface area (Å²) in [7, 11) is 1.44. The molecule has 22 heavy (non-hydrogen) atoms. The minimum atomic E-state index is -0.0992. The second-order valence-electron chi connectivity index (χ2n) is 6.45. The Kier molecular flexibility index (Phi) is 16.4. The Balaban J connectivity index is 3.18. The van der Waals surface area contributed by atoms with Gasteiger partial charge in [-0.3, -0.25) is 4.79 Å². The second-order valence-corrected chi connectivity index (χ2v) is 6.45. The Morgan fingerprint density at radius 2 is 1.27 bits per heavy atom. The van der Waals surface area contributed by atoms with Gasteiger partial charge in [0, 0.05) is 6.42 Å². The number of rotatable bonds is 16. The van der Waals surface area contributed by atoms with Crippen LogP contribution in [0.2, 0.25) is 0 Å². The van der Waals surface area contributed by atoms with E-state index < -0.39 is 0 Å². The molecule has 0 amide bonds. The van der Waals surface area contributed by atoms with Crippen molar-refractivity contribution < 1.29 is 14.6 Å². The molecule has 3 heteroatoms. The van der Waals surface area contributed by atoms with Crippen molar-refractivity contribution in [3.8, 4) is 0 Å². The third-order valence-corrected chi connectivity index (χ3v) is 4.29. The van der Waals surface area contributed by atoms with Gasteiger partial charge in [0.15, 0.2) is 0 Å². The van der Waals surface area contributed by atoms with Gasteiger partial charge in [-0.2, -0.15) is 0 Å². The fourth-order valence-corrected chi connectivity index (χ4v) is 2.76. The van der Waals surface area contributed by atoms with Gasteiger partial charge in [0.2, 0.25) is 0 Å². The van der Waals surface area contributed by atoms with Crippen molar-refractivity contribution in [2.75, 3.05) is 7.11 Å². The van der Waals surface area contributed by atoms with E-state index in [9.17, 15) is 9.90 Å². The molecule has 132 valence electrons. The Bertz CT molecular complexity index is 241. The van der Waals surface area contributed by atoms with Crippen molar-refractivity contribution in [3.63, 3.8) is 0 Å². The number of aliphatic hydroxyl groups excluding tert-OH is 1. The molecule has 0 saturated heterocycles. The molecule has 1 atom stereocenters. The Morgan fingerprint density at radius 1 is 0.818 bits per heavy atom. The molecule has 0 aromatic carbocycles. The van der Waals surface area contributed by atoms with Crippen molar-refractivity contribution in [2.24, 2.45) is 0 Å². The van der Waals surface area contributed by atoms with Gasteiger partial charge in [-0.1, -0.05) is 77.6 Å². The van der Waals surface area contributed by atoms with Crippen LogP contribution < -0.4 is 0 Å². The third-order valence-electron chi connectivity index (χ3n) is 4.29. The molecule has 0 spiro atoms. The predicted octanol–water partition coefficient (Wildman–Crippen LogP) is 5.39. The van der Waals surface area contributed by atoms with Crippen LogP contribution in [0.1, 0.15) is 103 Å². The van der Waals surface area contributed by atoms with E-state index in [1.165, 1.54) is 64.9 Å². The fourth-order valence-electron chi connectivity index (χ4n) is 2.76. The summed E-state index contributed by atoms with van der Waals surface area (Å²) in [6.45, 7) is 2.24. The van der Waals surface area contributed by atoms with Crippen molar-refractivity contribution in [2.45, 2.75) is 109 Å². The highest BCUT2D eigenvalue weighted by molar-refractivity contribution is 5.68. The number of carbonyl (C=O) groups excluding carboxylic acids is 1. The maximum atomic E-state index is 10.9. The molecule has 0 aliphatic carbocycles. The molecule has 1 N–H and O–H groups in total. The fraction of sp³-hybridized carbons (Fsp3) is 0.947. The van der Waals surface area contributed by atoms with E-state index in [4.69, 9.17) is 0 Å². The van der Waals surface area contributed by atoms with Gasteiger partial charge in [-0.15, -0.1) is 0 Å². The average molecular weight is 315 g/mol. The third kappa shape index (κ3) is 15.8. The molecule has 0 bridgehead atoms. The molecule has 0 aromatic heterocycles. The number of carbonyl (C=O) groups is 1. The lowest BCUT2D eigenvalue weighted by molar-refractivity contribution is -0.140. The van der Waals surface area contributed by atoms with Crippen LogP contribution in [0, 0.1) is 0 Å². The van der Waals surface area contributed by atoms with E-state index in [2.05, 4.69) is 11.7 Å². The molecular weight excluding hydrogens is 276 g/mol. The van der Waals surface area contributed by atoms with Crippen molar-refractivity contribution in [1.82, 2.24) is 0 Å². The summed E-state index contributed by atoms with van der Waals surface area (Å²) < 4.78 is 4.61. The van der Waals surface area contributed by atoms with Crippen molar-refractivity contribution >= 4 is 5.97 Å². The van der Waals surface area contributed by atoms with Crippen molar-refractivity contribution in [3.05, 3.63) is 0 Å². The standard InChI is InChI=1S/C19H38O3/c1-3-4-5-6-9-12-15-18(20)16-13-10-7-8-11-14-17-19(21)22-2/h18,20H,3-17H2,1-2H3/t18-/m1/s1. The molecule has 0 rings (SSSR count). The zero-order valence-electron chi connectivity index (χ0n) is 14.9. The number of hydrogen-bond acceptors (Lipinski definition) is 3. The van der Waals surface area contributed by atoms with Crippen LogP contribution in [0.15, 0.2) is 0 Å². The van der Waals surface area contributed by atoms with Crippen LogP contribution in [-0.2, 0) is 9.53 Å². The van der Waals surface area contributed by atoms with E-state index in [-0.39, 0.29) is 12.1 Å². The Labute approximate surface area is 137 Å². The highest BCUT2D eigenvalue weighted by Gasteiger charge is 2.04.